The summed E-state index contributed by atoms with van der Waals surface area (Å²) in [5.41, 5.74) is 4.80. The first-order valence-electron chi connectivity index (χ1n) is 6.34. The number of alkyl halides is 3. The van der Waals surface area contributed by atoms with Gasteiger partial charge in [0.15, 0.2) is 11.7 Å². The summed E-state index contributed by atoms with van der Waals surface area (Å²) in [6.45, 7) is 5.26. The molecule has 0 radical (unpaired) electrons. The fourth-order valence-corrected chi connectivity index (χ4v) is 2.16. The molecule has 8 heteroatoms. The topological polar surface area (TPSA) is 63.3 Å². The van der Waals surface area contributed by atoms with Crippen molar-refractivity contribution in [1.29, 1.82) is 0 Å². The molecule has 1 heterocycles. The van der Waals surface area contributed by atoms with Gasteiger partial charge in [-0.2, -0.15) is 13.2 Å². The van der Waals surface area contributed by atoms with Gasteiger partial charge in [0, 0.05) is 24.9 Å². The van der Waals surface area contributed by atoms with Crippen molar-refractivity contribution in [2.75, 3.05) is 13.1 Å². The third-order valence-corrected chi connectivity index (χ3v) is 3.38. The van der Waals surface area contributed by atoms with Crippen molar-refractivity contribution >= 4 is 17.3 Å². The second-order valence-corrected chi connectivity index (χ2v) is 5.69. The molecular formula is C12H19F3N4S. The van der Waals surface area contributed by atoms with Gasteiger partial charge < -0.3 is 11.1 Å². The van der Waals surface area contributed by atoms with E-state index in [0.29, 0.717) is 36.4 Å². The third kappa shape index (κ3) is 6.23. The second-order valence-electron chi connectivity index (χ2n) is 4.75. The van der Waals surface area contributed by atoms with Crippen LogP contribution in [0.4, 0.5) is 13.2 Å². The minimum absolute atomic E-state index is 0.318. The van der Waals surface area contributed by atoms with Crippen LogP contribution in [-0.4, -0.2) is 24.0 Å². The lowest BCUT2D eigenvalue weighted by atomic mass is 10.1. The van der Waals surface area contributed by atoms with Crippen LogP contribution in [0, 0.1) is 5.92 Å². The van der Waals surface area contributed by atoms with E-state index in [-0.39, 0.29) is 0 Å². The van der Waals surface area contributed by atoms with Gasteiger partial charge in [-0.3, -0.25) is 4.99 Å². The molecule has 20 heavy (non-hydrogen) atoms. The number of aromatic nitrogens is 1. The van der Waals surface area contributed by atoms with Gasteiger partial charge in [0.2, 0.25) is 0 Å². The fourth-order valence-electron chi connectivity index (χ4n) is 1.35. The van der Waals surface area contributed by atoms with Crippen LogP contribution in [0.25, 0.3) is 0 Å². The smallest absolute Gasteiger partial charge is 0.370 e. The van der Waals surface area contributed by atoms with Crippen LogP contribution in [0.3, 0.4) is 0 Å². The number of rotatable bonds is 6. The number of halogens is 3. The molecule has 3 N–H and O–H groups in total. The summed E-state index contributed by atoms with van der Waals surface area (Å²) in [5.74, 6) is 0.876. The van der Waals surface area contributed by atoms with Gasteiger partial charge in [-0.15, -0.1) is 11.3 Å². The molecule has 0 unspecified atom stereocenters. The molecule has 114 valence electrons. The first-order chi connectivity index (χ1) is 9.29. The lowest BCUT2D eigenvalue weighted by Crippen LogP contribution is -2.33. The average molecular weight is 308 g/mol. The van der Waals surface area contributed by atoms with E-state index < -0.39 is 11.9 Å². The van der Waals surface area contributed by atoms with Crippen molar-refractivity contribution < 1.29 is 13.2 Å². The SMILES string of the molecule is CC(C)CCN=C(N)NCCc1nc(C(F)(F)F)cs1. The van der Waals surface area contributed by atoms with Crippen molar-refractivity contribution in [2.24, 2.45) is 16.6 Å². The molecule has 1 rings (SSSR count). The maximum Gasteiger partial charge on any atom is 0.434 e. The Morgan fingerprint density at radius 2 is 2.20 bits per heavy atom. The number of nitrogens with zero attached hydrogens (tertiary/aromatic N) is 2. The summed E-state index contributed by atoms with van der Waals surface area (Å²) < 4.78 is 37.0. The molecule has 1 aromatic rings. The zero-order valence-corrected chi connectivity index (χ0v) is 12.3. The Balaban J connectivity index is 2.32. The van der Waals surface area contributed by atoms with Crippen LogP contribution >= 0.6 is 11.3 Å². The van der Waals surface area contributed by atoms with Gasteiger partial charge in [-0.1, -0.05) is 13.8 Å². The molecule has 0 amide bonds. The first-order valence-corrected chi connectivity index (χ1v) is 7.22. The molecule has 0 bridgehead atoms. The largest absolute Gasteiger partial charge is 0.434 e. The Morgan fingerprint density at radius 1 is 1.50 bits per heavy atom. The quantitative estimate of drug-likeness (QED) is 0.627. The highest BCUT2D eigenvalue weighted by atomic mass is 32.1. The Bertz CT molecular complexity index is 440. The highest BCUT2D eigenvalue weighted by molar-refractivity contribution is 7.09. The van der Waals surface area contributed by atoms with Gasteiger partial charge in [0.05, 0.1) is 5.01 Å². The van der Waals surface area contributed by atoms with E-state index in [4.69, 9.17) is 5.73 Å². The average Bonchev–Trinajstić information content (AvgIpc) is 2.77. The molecule has 0 saturated heterocycles. The zero-order valence-electron chi connectivity index (χ0n) is 11.5. The van der Waals surface area contributed by atoms with E-state index in [2.05, 4.69) is 29.1 Å². The molecule has 4 nitrogen and oxygen atoms in total. The molecule has 0 spiro atoms. The third-order valence-electron chi connectivity index (χ3n) is 2.48. The van der Waals surface area contributed by atoms with E-state index in [9.17, 15) is 13.2 Å². The summed E-state index contributed by atoms with van der Waals surface area (Å²) in [5, 5.41) is 4.32. The van der Waals surface area contributed by atoms with Crippen LogP contribution in [0.1, 0.15) is 31.0 Å². The van der Waals surface area contributed by atoms with Crippen LogP contribution in [-0.2, 0) is 12.6 Å². The molecule has 0 atom stereocenters. The van der Waals surface area contributed by atoms with Gasteiger partial charge in [-0.25, -0.2) is 4.98 Å². The Labute approximate surface area is 120 Å². The number of aliphatic imine (C=N–C) groups is 1. The molecule has 0 saturated carbocycles. The lowest BCUT2D eigenvalue weighted by Gasteiger charge is -2.05. The summed E-state index contributed by atoms with van der Waals surface area (Å²) in [4.78, 5) is 7.66. The van der Waals surface area contributed by atoms with Gasteiger partial charge in [0.1, 0.15) is 0 Å². The Kier molecular flexibility index (Phi) is 6.25. The Morgan fingerprint density at radius 3 is 2.75 bits per heavy atom. The minimum atomic E-state index is -4.38. The molecule has 1 aromatic heterocycles. The number of nitrogens with two attached hydrogens (primary N) is 1. The maximum absolute atomic E-state index is 12.3. The van der Waals surface area contributed by atoms with Crippen molar-refractivity contribution in [3.05, 3.63) is 16.1 Å². The standard InChI is InChI=1S/C12H19F3N4S/c1-8(2)3-5-17-11(16)18-6-4-10-19-9(7-20-10)12(13,14)15/h7-8H,3-6H2,1-2H3,(H3,16,17,18). The lowest BCUT2D eigenvalue weighted by molar-refractivity contribution is -0.140. The number of hydrogen-bond acceptors (Lipinski definition) is 3. The van der Waals surface area contributed by atoms with E-state index in [1.54, 1.807) is 0 Å². The summed E-state index contributed by atoms with van der Waals surface area (Å²) >= 11 is 0.998. The van der Waals surface area contributed by atoms with E-state index in [0.717, 1.165) is 23.1 Å². The summed E-state index contributed by atoms with van der Waals surface area (Å²) in [6, 6.07) is 0. The van der Waals surface area contributed by atoms with Gasteiger partial charge in [-0.05, 0) is 12.3 Å². The normalized spacial score (nSPS) is 13.0. The first kappa shape index (κ1) is 16.7. The van der Waals surface area contributed by atoms with Crippen LogP contribution in [0.5, 0.6) is 0 Å². The predicted molar refractivity (Wildman–Crippen MR) is 74.8 cm³/mol. The summed E-state index contributed by atoms with van der Waals surface area (Å²) in [6.07, 6.45) is -3.04. The highest BCUT2D eigenvalue weighted by Gasteiger charge is 2.33. The number of hydrogen-bond donors (Lipinski definition) is 2. The predicted octanol–water partition coefficient (Wildman–Crippen LogP) is 2.65. The minimum Gasteiger partial charge on any atom is -0.370 e. The fraction of sp³-hybridized carbons (Fsp3) is 0.667. The second kappa shape index (κ2) is 7.47. The van der Waals surface area contributed by atoms with Gasteiger partial charge >= 0.3 is 6.18 Å². The molecule has 0 fully saturated rings. The van der Waals surface area contributed by atoms with Crippen LogP contribution < -0.4 is 11.1 Å². The van der Waals surface area contributed by atoms with Crippen molar-refractivity contribution in [1.82, 2.24) is 10.3 Å². The molecule has 0 aromatic carbocycles. The number of nitrogens with one attached hydrogen (secondary N) is 1. The highest BCUT2D eigenvalue weighted by Crippen LogP contribution is 2.29. The zero-order chi connectivity index (χ0) is 15.2. The van der Waals surface area contributed by atoms with E-state index in [1.807, 2.05) is 0 Å². The van der Waals surface area contributed by atoms with Gasteiger partial charge in [0.25, 0.3) is 0 Å². The molecular weight excluding hydrogens is 289 g/mol. The molecule has 0 aliphatic heterocycles. The maximum atomic E-state index is 12.3. The number of thiazole rings is 1. The van der Waals surface area contributed by atoms with Crippen LogP contribution in [0.15, 0.2) is 10.4 Å². The van der Waals surface area contributed by atoms with Crippen molar-refractivity contribution in [2.45, 2.75) is 32.9 Å². The Hall–Kier alpha value is -1.31. The van der Waals surface area contributed by atoms with E-state index in [1.165, 1.54) is 0 Å². The van der Waals surface area contributed by atoms with E-state index >= 15 is 0 Å². The molecule has 0 aliphatic rings. The number of guanidine groups is 1. The monoisotopic (exact) mass is 308 g/mol. The summed E-state index contributed by atoms with van der Waals surface area (Å²) in [7, 11) is 0. The van der Waals surface area contributed by atoms with Crippen molar-refractivity contribution in [3.63, 3.8) is 0 Å². The van der Waals surface area contributed by atoms with Crippen molar-refractivity contribution in [3.8, 4) is 0 Å². The molecule has 0 aliphatic carbocycles. The van der Waals surface area contributed by atoms with Crippen LogP contribution in [0.2, 0.25) is 0 Å².